The number of para-hydroxylation sites is 1. The van der Waals surface area contributed by atoms with E-state index in [1.165, 1.54) is 24.3 Å². The fourth-order valence-electron chi connectivity index (χ4n) is 2.49. The Morgan fingerprint density at radius 3 is 2.83 bits per heavy atom. The SMILES string of the molecule is O=[N+]([O-])c1ccccc1S(=O)(=O)Nc1ccn(C2CCNC2)n1. The van der Waals surface area contributed by atoms with Crippen LogP contribution in [-0.4, -0.2) is 36.2 Å². The van der Waals surface area contributed by atoms with E-state index in [1.807, 2.05) is 0 Å². The zero-order valence-electron chi connectivity index (χ0n) is 12.0. The van der Waals surface area contributed by atoms with Gasteiger partial charge in [0.05, 0.1) is 11.0 Å². The summed E-state index contributed by atoms with van der Waals surface area (Å²) in [5.41, 5.74) is -0.473. The van der Waals surface area contributed by atoms with Crippen LogP contribution in [0.25, 0.3) is 0 Å². The van der Waals surface area contributed by atoms with E-state index in [4.69, 9.17) is 0 Å². The highest BCUT2D eigenvalue weighted by Crippen LogP contribution is 2.25. The number of aromatic nitrogens is 2. The second kappa shape index (κ2) is 5.97. The molecule has 1 fully saturated rings. The molecule has 0 spiro atoms. The molecule has 1 aromatic heterocycles. The molecule has 3 rings (SSSR count). The van der Waals surface area contributed by atoms with Crippen LogP contribution in [0.15, 0.2) is 41.4 Å². The molecular weight excluding hydrogens is 322 g/mol. The van der Waals surface area contributed by atoms with Crippen molar-refractivity contribution < 1.29 is 13.3 Å². The van der Waals surface area contributed by atoms with Gasteiger partial charge in [-0.15, -0.1) is 0 Å². The number of nitrogens with zero attached hydrogens (tertiary/aromatic N) is 3. The molecule has 122 valence electrons. The monoisotopic (exact) mass is 337 g/mol. The van der Waals surface area contributed by atoms with Gasteiger partial charge in [-0.25, -0.2) is 8.42 Å². The van der Waals surface area contributed by atoms with Crippen molar-refractivity contribution in [1.82, 2.24) is 15.1 Å². The minimum Gasteiger partial charge on any atom is -0.315 e. The molecule has 2 N–H and O–H groups in total. The zero-order chi connectivity index (χ0) is 16.4. The standard InChI is InChI=1S/C13H15N5O4S/c19-18(20)11-3-1-2-4-12(11)23(21,22)16-13-6-8-17(15-13)10-5-7-14-9-10/h1-4,6,8,10,14H,5,7,9H2,(H,15,16). The van der Waals surface area contributed by atoms with Crippen LogP contribution in [-0.2, 0) is 10.0 Å². The molecule has 23 heavy (non-hydrogen) atoms. The van der Waals surface area contributed by atoms with E-state index < -0.39 is 20.6 Å². The second-order valence-corrected chi connectivity index (χ2v) is 6.81. The van der Waals surface area contributed by atoms with Gasteiger partial charge in [-0.05, 0) is 19.0 Å². The Morgan fingerprint density at radius 1 is 1.35 bits per heavy atom. The Kier molecular flexibility index (Phi) is 4.01. The lowest BCUT2D eigenvalue weighted by molar-refractivity contribution is -0.387. The Morgan fingerprint density at radius 2 is 2.13 bits per heavy atom. The van der Waals surface area contributed by atoms with E-state index in [9.17, 15) is 18.5 Å². The van der Waals surface area contributed by atoms with Gasteiger partial charge in [-0.3, -0.25) is 19.5 Å². The lowest BCUT2D eigenvalue weighted by Gasteiger charge is -2.09. The molecule has 1 saturated heterocycles. The number of nitrogens with one attached hydrogen (secondary N) is 2. The average molecular weight is 337 g/mol. The zero-order valence-corrected chi connectivity index (χ0v) is 12.9. The molecule has 0 bridgehead atoms. The largest absolute Gasteiger partial charge is 0.315 e. The number of nitro benzene ring substituents is 1. The second-order valence-electron chi connectivity index (χ2n) is 5.16. The minimum atomic E-state index is -4.08. The molecular formula is C13H15N5O4S. The molecule has 1 aromatic carbocycles. The predicted molar refractivity (Wildman–Crippen MR) is 82.7 cm³/mol. The molecule has 1 aliphatic rings. The van der Waals surface area contributed by atoms with Crippen molar-refractivity contribution in [2.24, 2.45) is 0 Å². The number of rotatable bonds is 5. The van der Waals surface area contributed by atoms with Gasteiger partial charge in [-0.2, -0.15) is 5.10 Å². The van der Waals surface area contributed by atoms with Crippen LogP contribution >= 0.6 is 0 Å². The molecule has 0 radical (unpaired) electrons. The van der Waals surface area contributed by atoms with Crippen molar-refractivity contribution in [2.75, 3.05) is 17.8 Å². The highest BCUT2D eigenvalue weighted by molar-refractivity contribution is 7.92. The maximum absolute atomic E-state index is 12.4. The number of hydrogen-bond acceptors (Lipinski definition) is 6. The van der Waals surface area contributed by atoms with Crippen molar-refractivity contribution in [2.45, 2.75) is 17.4 Å². The number of anilines is 1. The third-order valence-electron chi connectivity index (χ3n) is 3.61. The first-order valence-electron chi connectivity index (χ1n) is 6.99. The summed E-state index contributed by atoms with van der Waals surface area (Å²) in [5, 5.41) is 18.4. The van der Waals surface area contributed by atoms with Crippen molar-refractivity contribution >= 4 is 21.5 Å². The Balaban J connectivity index is 1.86. The summed E-state index contributed by atoms with van der Waals surface area (Å²) >= 11 is 0. The summed E-state index contributed by atoms with van der Waals surface area (Å²) in [6, 6.07) is 6.91. The number of sulfonamides is 1. The van der Waals surface area contributed by atoms with Crippen LogP contribution in [0.4, 0.5) is 11.5 Å². The summed E-state index contributed by atoms with van der Waals surface area (Å²) in [6.07, 6.45) is 2.60. The fraction of sp³-hybridized carbons (Fsp3) is 0.308. The summed E-state index contributed by atoms with van der Waals surface area (Å²) in [5.74, 6) is 0.134. The van der Waals surface area contributed by atoms with Gasteiger partial charge in [0.2, 0.25) is 0 Å². The molecule has 0 saturated carbocycles. The third kappa shape index (κ3) is 3.17. The maximum atomic E-state index is 12.4. The summed E-state index contributed by atoms with van der Waals surface area (Å²) in [7, 11) is -4.08. The third-order valence-corrected chi connectivity index (χ3v) is 5.01. The van der Waals surface area contributed by atoms with Gasteiger partial charge in [0, 0.05) is 24.9 Å². The van der Waals surface area contributed by atoms with Gasteiger partial charge in [0.15, 0.2) is 10.7 Å². The molecule has 0 aliphatic carbocycles. The van der Waals surface area contributed by atoms with Gasteiger partial charge in [-0.1, -0.05) is 12.1 Å². The first kappa shape index (κ1) is 15.4. The lowest BCUT2D eigenvalue weighted by Crippen LogP contribution is -2.17. The van der Waals surface area contributed by atoms with Crippen LogP contribution in [0.5, 0.6) is 0 Å². The number of benzene rings is 1. The van der Waals surface area contributed by atoms with E-state index in [2.05, 4.69) is 15.1 Å². The average Bonchev–Trinajstić information content (AvgIpc) is 3.17. The van der Waals surface area contributed by atoms with E-state index >= 15 is 0 Å². The van der Waals surface area contributed by atoms with Gasteiger partial charge in [0.1, 0.15) is 0 Å². The molecule has 1 aliphatic heterocycles. The number of nitro groups is 1. The Labute approximate surface area is 132 Å². The molecule has 2 heterocycles. The van der Waals surface area contributed by atoms with Crippen LogP contribution in [0, 0.1) is 10.1 Å². The molecule has 0 amide bonds. The first-order valence-corrected chi connectivity index (χ1v) is 8.48. The van der Waals surface area contributed by atoms with Crippen LogP contribution in [0.2, 0.25) is 0 Å². The maximum Gasteiger partial charge on any atom is 0.289 e. The molecule has 2 aromatic rings. The molecule has 10 heteroatoms. The van der Waals surface area contributed by atoms with Crippen molar-refractivity contribution in [3.05, 3.63) is 46.6 Å². The number of hydrogen-bond donors (Lipinski definition) is 2. The van der Waals surface area contributed by atoms with Crippen molar-refractivity contribution in [1.29, 1.82) is 0 Å². The van der Waals surface area contributed by atoms with Crippen LogP contribution in [0.3, 0.4) is 0 Å². The summed E-state index contributed by atoms with van der Waals surface area (Å²) < 4.78 is 28.7. The van der Waals surface area contributed by atoms with Gasteiger partial charge >= 0.3 is 0 Å². The smallest absolute Gasteiger partial charge is 0.289 e. The molecule has 1 unspecified atom stereocenters. The summed E-state index contributed by atoms with van der Waals surface area (Å²) in [4.78, 5) is 9.87. The predicted octanol–water partition coefficient (Wildman–Crippen LogP) is 1.13. The quantitative estimate of drug-likeness (QED) is 0.623. The topological polar surface area (TPSA) is 119 Å². The van der Waals surface area contributed by atoms with E-state index in [0.717, 1.165) is 25.6 Å². The Bertz CT molecular complexity index is 826. The van der Waals surface area contributed by atoms with Crippen LogP contribution in [0.1, 0.15) is 12.5 Å². The molecule has 9 nitrogen and oxygen atoms in total. The fourth-order valence-corrected chi connectivity index (χ4v) is 3.66. The Hall–Kier alpha value is -2.46. The normalized spacial score (nSPS) is 18.0. The van der Waals surface area contributed by atoms with Crippen molar-refractivity contribution in [3.63, 3.8) is 0 Å². The molecule has 1 atom stereocenters. The van der Waals surface area contributed by atoms with E-state index in [-0.39, 0.29) is 16.8 Å². The minimum absolute atomic E-state index is 0.134. The highest BCUT2D eigenvalue weighted by atomic mass is 32.2. The van der Waals surface area contributed by atoms with E-state index in [1.54, 1.807) is 10.9 Å². The van der Waals surface area contributed by atoms with Crippen molar-refractivity contribution in [3.8, 4) is 0 Å². The van der Waals surface area contributed by atoms with Gasteiger partial charge in [0.25, 0.3) is 15.7 Å². The first-order chi connectivity index (χ1) is 11.0. The van der Waals surface area contributed by atoms with Crippen LogP contribution < -0.4 is 10.0 Å². The lowest BCUT2D eigenvalue weighted by atomic mass is 10.3. The highest BCUT2D eigenvalue weighted by Gasteiger charge is 2.26. The summed E-state index contributed by atoms with van der Waals surface area (Å²) in [6.45, 7) is 1.67. The van der Waals surface area contributed by atoms with Gasteiger partial charge < -0.3 is 5.32 Å². The van der Waals surface area contributed by atoms with E-state index in [0.29, 0.717) is 0 Å².